The van der Waals surface area contributed by atoms with Gasteiger partial charge in [-0.3, -0.25) is 14.4 Å². The number of benzene rings is 1. The molecular weight excluding hydrogens is 460 g/mol. The molecule has 4 aliphatic rings. The summed E-state index contributed by atoms with van der Waals surface area (Å²) < 4.78 is 12.3. The first kappa shape index (κ1) is 24.7. The summed E-state index contributed by atoms with van der Waals surface area (Å²) in [7, 11) is 0. The molecule has 1 aromatic rings. The first-order valence-electron chi connectivity index (χ1n) is 12.8. The minimum Gasteiger partial charge on any atom is -0.461 e. The zero-order valence-corrected chi connectivity index (χ0v) is 21.1. The molecule has 2 saturated heterocycles. The predicted octanol–water partition coefficient (Wildman–Crippen LogP) is 2.45. The number of hydrogen-bond donors (Lipinski definition) is 1. The van der Waals surface area contributed by atoms with Crippen LogP contribution >= 0.6 is 0 Å². The summed E-state index contributed by atoms with van der Waals surface area (Å²) in [6, 6.07) is 5.05. The molecule has 36 heavy (non-hydrogen) atoms. The highest BCUT2D eigenvalue weighted by Crippen LogP contribution is 2.58. The molecule has 0 bridgehead atoms. The molecule has 0 aromatic heterocycles. The summed E-state index contributed by atoms with van der Waals surface area (Å²) in [4.78, 5) is 45.0. The van der Waals surface area contributed by atoms with Gasteiger partial charge in [-0.2, -0.15) is 0 Å². The lowest BCUT2D eigenvalue weighted by molar-refractivity contribution is -0.157. The zero-order chi connectivity index (χ0) is 25.7. The van der Waals surface area contributed by atoms with Gasteiger partial charge in [0.1, 0.15) is 29.8 Å². The molecule has 192 valence electrons. The molecule has 1 spiro atoms. The lowest BCUT2D eigenvalue weighted by Crippen LogP contribution is -2.56. The highest BCUT2D eigenvalue weighted by molar-refractivity contribution is 6.06. The summed E-state index contributed by atoms with van der Waals surface area (Å²) in [6.45, 7) is 6.63. The van der Waals surface area contributed by atoms with E-state index in [9.17, 15) is 19.5 Å². The smallest absolute Gasteiger partial charge is 0.313 e. The summed E-state index contributed by atoms with van der Waals surface area (Å²) in [5, 5.41) is 9.35. The van der Waals surface area contributed by atoms with Crippen LogP contribution in [0, 0.1) is 25.7 Å². The number of ether oxygens (including phenoxy) is 2. The molecule has 8 heteroatoms. The average molecular weight is 495 g/mol. The van der Waals surface area contributed by atoms with Crippen LogP contribution in [-0.4, -0.2) is 71.3 Å². The van der Waals surface area contributed by atoms with Gasteiger partial charge in [0.2, 0.25) is 5.91 Å². The Balaban J connectivity index is 1.65. The number of aliphatic hydroxyl groups is 1. The van der Waals surface area contributed by atoms with Crippen LogP contribution in [-0.2, 0) is 23.9 Å². The fourth-order valence-electron chi connectivity index (χ4n) is 6.46. The highest BCUT2D eigenvalue weighted by Gasteiger charge is 2.75. The number of likely N-dealkylation sites (tertiary alicyclic amines) is 1. The topological polar surface area (TPSA) is 96.4 Å². The Morgan fingerprint density at radius 3 is 2.61 bits per heavy atom. The number of anilines is 1. The molecule has 2 amide bonds. The van der Waals surface area contributed by atoms with Gasteiger partial charge in [0.05, 0.1) is 5.92 Å². The number of cyclic esters (lactones) is 1. The van der Waals surface area contributed by atoms with Gasteiger partial charge >= 0.3 is 5.97 Å². The fraction of sp³-hybridized carbons (Fsp3) is 0.536. The molecule has 1 aromatic carbocycles. The number of hydrogen-bond acceptors (Lipinski definition) is 6. The molecule has 1 N–H and O–H groups in total. The van der Waals surface area contributed by atoms with Crippen molar-refractivity contribution < 1.29 is 29.0 Å². The van der Waals surface area contributed by atoms with Crippen LogP contribution in [0.25, 0.3) is 0 Å². The van der Waals surface area contributed by atoms with E-state index in [1.54, 1.807) is 15.9 Å². The van der Waals surface area contributed by atoms with Crippen LogP contribution < -0.4 is 4.90 Å². The van der Waals surface area contributed by atoms with Crippen LogP contribution in [0.4, 0.5) is 5.69 Å². The van der Waals surface area contributed by atoms with Crippen molar-refractivity contribution >= 4 is 23.5 Å². The number of unbranched alkanes of at least 4 members (excludes halogenated alkanes) is 1. The second kappa shape index (κ2) is 9.16. The number of nitrogens with zero attached hydrogens (tertiary/aromatic N) is 2. The molecule has 5 atom stereocenters. The summed E-state index contributed by atoms with van der Waals surface area (Å²) >= 11 is 0. The molecule has 4 heterocycles. The van der Waals surface area contributed by atoms with Crippen LogP contribution in [0.15, 0.2) is 42.5 Å². The second-order valence-corrected chi connectivity index (χ2v) is 10.3. The quantitative estimate of drug-likeness (QED) is 0.371. The predicted molar refractivity (Wildman–Crippen MR) is 133 cm³/mol. The molecule has 2 fully saturated rings. The van der Waals surface area contributed by atoms with Gasteiger partial charge in [-0.15, -0.1) is 0 Å². The van der Waals surface area contributed by atoms with Crippen molar-refractivity contribution in [3.05, 3.63) is 53.6 Å². The molecule has 0 aliphatic carbocycles. The molecule has 4 aliphatic heterocycles. The Morgan fingerprint density at radius 1 is 1.06 bits per heavy atom. The second-order valence-electron chi connectivity index (χ2n) is 10.3. The fourth-order valence-corrected chi connectivity index (χ4v) is 6.46. The van der Waals surface area contributed by atoms with Gasteiger partial charge < -0.3 is 24.4 Å². The van der Waals surface area contributed by atoms with E-state index < -0.39 is 35.0 Å². The standard InChI is InChI=1S/C28H34N2O6/c1-4-27-11-8-16-35-26(34)22(27)21-24(32)30(13-5-6-15-31)23-25(33)29(14-7-12-28(21,23)36-27)20-17-18(2)9-10-19(20)3/h7-12,17,21-23,31H,4-6,13-16H2,1-3H3/t21-,22-,23?,27+,28-/m0/s1. The van der Waals surface area contributed by atoms with E-state index in [4.69, 9.17) is 9.47 Å². The Labute approximate surface area is 211 Å². The highest BCUT2D eigenvalue weighted by atomic mass is 16.6. The largest absolute Gasteiger partial charge is 0.461 e. The molecular formula is C28H34N2O6. The number of aliphatic hydroxyl groups excluding tert-OH is 1. The van der Waals surface area contributed by atoms with E-state index in [1.165, 1.54) is 0 Å². The summed E-state index contributed by atoms with van der Waals surface area (Å²) in [6.07, 6.45) is 8.87. The van der Waals surface area contributed by atoms with Crippen molar-refractivity contribution in [1.29, 1.82) is 0 Å². The molecule has 8 nitrogen and oxygen atoms in total. The van der Waals surface area contributed by atoms with Gasteiger partial charge in [0.15, 0.2) is 0 Å². The Bertz CT molecular complexity index is 1140. The monoisotopic (exact) mass is 494 g/mol. The SMILES string of the molecule is CC[C@@]12C=CCOC(=O)[C@@H]1[C@H]1C(=O)N(CCCCO)C3C(=O)N(c4cc(C)ccc4C)CC=C[C@@]31O2. The first-order valence-corrected chi connectivity index (χ1v) is 12.8. The van der Waals surface area contributed by atoms with Crippen molar-refractivity contribution in [2.75, 3.05) is 31.2 Å². The van der Waals surface area contributed by atoms with Crippen molar-refractivity contribution in [2.45, 2.75) is 57.3 Å². The molecule has 0 radical (unpaired) electrons. The zero-order valence-electron chi connectivity index (χ0n) is 21.1. The van der Waals surface area contributed by atoms with Gasteiger partial charge in [0, 0.05) is 25.4 Å². The lowest BCUT2D eigenvalue weighted by atomic mass is 9.73. The van der Waals surface area contributed by atoms with Crippen LogP contribution in [0.3, 0.4) is 0 Å². The van der Waals surface area contributed by atoms with E-state index in [-0.39, 0.29) is 25.0 Å². The first-order chi connectivity index (χ1) is 17.3. The third-order valence-corrected chi connectivity index (χ3v) is 8.16. The molecule has 0 saturated carbocycles. The maximum Gasteiger partial charge on any atom is 0.313 e. The number of fused-ring (bicyclic) bond motifs is 2. The number of carbonyl (C=O) groups excluding carboxylic acids is 3. The summed E-state index contributed by atoms with van der Waals surface area (Å²) in [5.41, 5.74) is 0.470. The van der Waals surface area contributed by atoms with Crippen molar-refractivity contribution in [2.24, 2.45) is 11.8 Å². The Hall–Kier alpha value is -2.97. The third-order valence-electron chi connectivity index (χ3n) is 8.16. The lowest BCUT2D eigenvalue weighted by Gasteiger charge is -2.38. The van der Waals surface area contributed by atoms with Crippen molar-refractivity contribution in [3.63, 3.8) is 0 Å². The Kier molecular flexibility index (Phi) is 6.29. The van der Waals surface area contributed by atoms with Crippen molar-refractivity contribution in [3.8, 4) is 0 Å². The van der Waals surface area contributed by atoms with E-state index in [0.29, 0.717) is 32.4 Å². The molecule has 5 rings (SSSR count). The maximum absolute atomic E-state index is 14.4. The van der Waals surface area contributed by atoms with Crippen LogP contribution in [0.5, 0.6) is 0 Å². The Morgan fingerprint density at radius 2 is 1.86 bits per heavy atom. The number of rotatable bonds is 6. The van der Waals surface area contributed by atoms with Crippen molar-refractivity contribution in [1.82, 2.24) is 4.90 Å². The van der Waals surface area contributed by atoms with Gasteiger partial charge in [-0.1, -0.05) is 37.3 Å². The number of esters is 1. The van der Waals surface area contributed by atoms with Gasteiger partial charge in [-0.05, 0) is 56.4 Å². The number of carbonyl (C=O) groups is 3. The van der Waals surface area contributed by atoms with Gasteiger partial charge in [0.25, 0.3) is 5.91 Å². The minimum absolute atomic E-state index is 0.00107. The van der Waals surface area contributed by atoms with E-state index in [2.05, 4.69) is 0 Å². The minimum atomic E-state index is -1.29. The third kappa shape index (κ3) is 3.53. The number of amides is 2. The number of aryl methyl sites for hydroxylation is 2. The van der Waals surface area contributed by atoms with Gasteiger partial charge in [-0.25, -0.2) is 0 Å². The van der Waals surface area contributed by atoms with Crippen LogP contribution in [0.2, 0.25) is 0 Å². The average Bonchev–Trinajstić information content (AvgIpc) is 3.13. The van der Waals surface area contributed by atoms with Crippen LogP contribution in [0.1, 0.15) is 37.3 Å². The normalized spacial score (nSPS) is 33.2. The van der Waals surface area contributed by atoms with E-state index >= 15 is 0 Å². The van der Waals surface area contributed by atoms with E-state index in [0.717, 1.165) is 16.8 Å². The summed E-state index contributed by atoms with van der Waals surface area (Å²) in [5.74, 6) is -2.68. The van der Waals surface area contributed by atoms with E-state index in [1.807, 2.05) is 57.2 Å². The molecule has 1 unspecified atom stereocenters. The maximum atomic E-state index is 14.4.